The van der Waals surface area contributed by atoms with Gasteiger partial charge < -0.3 is 27.2 Å². The highest BCUT2D eigenvalue weighted by Crippen LogP contribution is 2.57. The molecule has 0 bridgehead atoms. The molecule has 2 N–H and O–H groups in total. The molecule has 8 nitrogen and oxygen atoms in total. The van der Waals surface area contributed by atoms with Crippen LogP contribution in [-0.2, 0) is 21.5 Å². The Bertz CT molecular complexity index is 580. The van der Waals surface area contributed by atoms with E-state index in [0.29, 0.717) is 0 Å². The molecule has 1 saturated heterocycles. The number of aromatic nitrogens is 2. The lowest BCUT2D eigenvalue weighted by Crippen LogP contribution is -2.29. The number of rotatable bonds is 4. The van der Waals surface area contributed by atoms with Gasteiger partial charge in [0.2, 0.25) is 0 Å². The van der Waals surface area contributed by atoms with E-state index < -0.39 is 43.8 Å². The third-order valence-corrected chi connectivity index (χ3v) is 3.81. The van der Waals surface area contributed by atoms with Crippen molar-refractivity contribution in [2.24, 2.45) is 0 Å². The van der Waals surface area contributed by atoms with Crippen LogP contribution in [0.25, 0.3) is 0 Å². The number of nitrogens with zero attached hydrogens (tertiary/aromatic N) is 2. The number of aryl methyl sites for hydroxylation is 1. The minimum atomic E-state index is -4.42. The Morgan fingerprint density at radius 1 is 1.76 bits per heavy atom. The highest BCUT2D eigenvalue weighted by atomic mass is 32.7. The Hall–Kier alpha value is -0.770. The molecule has 1 aromatic heterocycles. The minimum absolute atomic E-state index is 0.0205. The smallest absolute Gasteiger partial charge is 0.349 e. The van der Waals surface area contributed by atoms with E-state index in [4.69, 9.17) is 9.63 Å². The second-order valence-corrected chi connectivity index (χ2v) is 7.03. The Labute approximate surface area is 124 Å². The monoisotopic (exact) mass is 339 g/mol. The van der Waals surface area contributed by atoms with Crippen LogP contribution in [0.4, 0.5) is 4.20 Å². The molecule has 0 radical (unpaired) electrons. The first-order valence-corrected chi connectivity index (χ1v) is 8.51. The van der Waals surface area contributed by atoms with E-state index in [1.54, 1.807) is 0 Å². The molecule has 2 heterocycles. The van der Waals surface area contributed by atoms with Gasteiger partial charge in [-0.3, -0.25) is 4.57 Å². The molecule has 11 heteroatoms. The van der Waals surface area contributed by atoms with Gasteiger partial charge in [0.15, 0.2) is 0 Å². The summed E-state index contributed by atoms with van der Waals surface area (Å²) in [5.41, 5.74) is -0.586. The van der Waals surface area contributed by atoms with Gasteiger partial charge in [-0.05, 0) is 22.6 Å². The van der Waals surface area contributed by atoms with Crippen molar-refractivity contribution < 1.29 is 28.6 Å². The van der Waals surface area contributed by atoms with Crippen LogP contribution in [-0.4, -0.2) is 38.4 Å². The van der Waals surface area contributed by atoms with Gasteiger partial charge in [-0.2, -0.15) is 4.52 Å². The maximum atomic E-state index is 13.1. The fourth-order valence-corrected chi connectivity index (χ4v) is 2.96. The number of halogens is 1. The Balaban J connectivity index is 2.23. The van der Waals surface area contributed by atoms with Gasteiger partial charge in [-0.15, -0.1) is 0 Å². The standard InChI is InChI=1S/C10H14FN2O6PS/c1-5-3-13(10(16)12-9(5)15)8-2-6(7(4-14)18-8)19-20(11,17)21/h3,6-8,14H,2,4H2,1H3,(H,17,21)(H,12,15,16)/p-1/t6-,7+,8+,20?/m0/s1. The van der Waals surface area contributed by atoms with Gasteiger partial charge in [0.1, 0.15) is 18.4 Å². The molecule has 2 rings (SSSR count). The van der Waals surface area contributed by atoms with E-state index in [0.717, 1.165) is 4.57 Å². The Morgan fingerprint density at radius 3 is 3.00 bits per heavy atom. The van der Waals surface area contributed by atoms with Gasteiger partial charge in [-0.25, -0.2) is 14.7 Å². The maximum Gasteiger partial charge on any atom is 0.349 e. The summed E-state index contributed by atoms with van der Waals surface area (Å²) in [5, 5.41) is 20.4. The topological polar surface area (TPSA) is 117 Å². The predicted octanol–water partition coefficient (Wildman–Crippen LogP) is -0.523. The molecule has 0 saturated carbocycles. The normalized spacial score (nSPS) is 28.5. The van der Waals surface area contributed by atoms with Crippen LogP contribution >= 0.6 is 7.23 Å². The zero-order valence-electron chi connectivity index (χ0n) is 10.9. The van der Waals surface area contributed by atoms with Crippen LogP contribution in [0.1, 0.15) is 18.2 Å². The molecular formula is C10H13FN2O6PS-. The van der Waals surface area contributed by atoms with Crippen molar-refractivity contribution in [2.75, 3.05) is 6.61 Å². The van der Waals surface area contributed by atoms with Crippen LogP contribution in [0.3, 0.4) is 0 Å². The van der Waals surface area contributed by atoms with Gasteiger partial charge in [0, 0.05) is 12.6 Å². The lowest BCUT2D eigenvalue weighted by molar-refractivity contribution is -0.276. The van der Waals surface area contributed by atoms with Crippen molar-refractivity contribution in [1.29, 1.82) is 0 Å². The molecule has 1 aliphatic heterocycles. The Morgan fingerprint density at radius 2 is 2.43 bits per heavy atom. The first-order chi connectivity index (χ1) is 9.71. The lowest BCUT2D eigenvalue weighted by Gasteiger charge is -2.18. The first kappa shape index (κ1) is 16.6. The van der Waals surface area contributed by atoms with Crippen LogP contribution in [0.15, 0.2) is 11.0 Å². The summed E-state index contributed by atoms with van der Waals surface area (Å²) in [4.78, 5) is 24.0. The summed E-state index contributed by atoms with van der Waals surface area (Å²) in [5.74, 6) is -0.643. The van der Waals surface area contributed by atoms with Gasteiger partial charge in [-0.1, -0.05) is 0 Å². The van der Waals surface area contributed by atoms with Crippen molar-refractivity contribution >= 4 is 19.5 Å². The molecule has 1 aromatic rings. The molecule has 4 atom stereocenters. The third-order valence-electron chi connectivity index (χ3n) is 3.02. The largest absolute Gasteiger partial charge is 0.858 e. The maximum absolute atomic E-state index is 13.1. The summed E-state index contributed by atoms with van der Waals surface area (Å²) < 4.78 is 24.2. The summed E-state index contributed by atoms with van der Waals surface area (Å²) in [6.07, 6.45) is -1.59. The van der Waals surface area contributed by atoms with E-state index in [9.17, 15) is 19.2 Å². The van der Waals surface area contributed by atoms with Crippen molar-refractivity contribution in [1.82, 2.24) is 9.55 Å². The molecule has 21 heavy (non-hydrogen) atoms. The van der Waals surface area contributed by atoms with Crippen LogP contribution in [0.2, 0.25) is 0 Å². The SMILES string of the molecule is Cc1cn([C@H]2C[C@H](O[P+](O)(F)[S-])[C@@H](CO)O2)c(=O)nc1[O-]. The molecule has 0 aliphatic carbocycles. The first-order valence-electron chi connectivity index (χ1n) is 5.95. The second kappa shape index (κ2) is 6.15. The third kappa shape index (κ3) is 3.91. The Kier molecular flexibility index (Phi) is 4.86. The number of hydrogen-bond donors (Lipinski definition) is 2. The minimum Gasteiger partial charge on any atom is -0.858 e. The van der Waals surface area contributed by atoms with E-state index in [2.05, 4.69) is 21.8 Å². The highest BCUT2D eigenvalue weighted by molar-refractivity contribution is 8.35. The molecule has 0 amide bonds. The molecule has 1 fully saturated rings. The zero-order valence-corrected chi connectivity index (χ0v) is 12.6. The average molecular weight is 339 g/mol. The summed E-state index contributed by atoms with van der Waals surface area (Å²) in [6.45, 7) is 0.976. The second-order valence-electron chi connectivity index (χ2n) is 4.56. The van der Waals surface area contributed by atoms with E-state index in [1.807, 2.05) is 0 Å². The quantitative estimate of drug-likeness (QED) is 0.556. The van der Waals surface area contributed by atoms with Crippen molar-refractivity contribution in [3.8, 4) is 5.88 Å². The van der Waals surface area contributed by atoms with Crippen molar-refractivity contribution in [2.45, 2.75) is 31.8 Å². The van der Waals surface area contributed by atoms with E-state index >= 15 is 0 Å². The van der Waals surface area contributed by atoms with Crippen molar-refractivity contribution in [3.63, 3.8) is 0 Å². The average Bonchev–Trinajstić information content (AvgIpc) is 2.74. The van der Waals surface area contributed by atoms with Crippen LogP contribution < -0.4 is 10.8 Å². The van der Waals surface area contributed by atoms with Crippen LogP contribution in [0.5, 0.6) is 5.88 Å². The number of aliphatic hydroxyl groups excluding tert-OH is 1. The number of ether oxygens (including phenoxy) is 1. The van der Waals surface area contributed by atoms with Gasteiger partial charge >= 0.3 is 12.9 Å². The molecular weight excluding hydrogens is 326 g/mol. The fraction of sp³-hybridized carbons (Fsp3) is 0.600. The summed E-state index contributed by atoms with van der Waals surface area (Å²) >= 11 is 4.16. The summed E-state index contributed by atoms with van der Waals surface area (Å²) in [7, 11) is -4.42. The molecule has 118 valence electrons. The van der Waals surface area contributed by atoms with Gasteiger partial charge in [0.05, 0.1) is 6.61 Å². The summed E-state index contributed by atoms with van der Waals surface area (Å²) in [6, 6.07) is 0. The molecule has 0 aromatic carbocycles. The van der Waals surface area contributed by atoms with E-state index in [-0.39, 0.29) is 12.0 Å². The molecule has 0 spiro atoms. The predicted molar refractivity (Wildman–Crippen MR) is 70.8 cm³/mol. The fourth-order valence-electron chi connectivity index (χ4n) is 2.07. The van der Waals surface area contributed by atoms with Crippen molar-refractivity contribution in [3.05, 3.63) is 22.2 Å². The zero-order chi connectivity index (χ0) is 15.8. The lowest BCUT2D eigenvalue weighted by atomic mass is 10.2. The highest BCUT2D eigenvalue weighted by Gasteiger charge is 2.43. The number of aliphatic hydroxyl groups is 1. The van der Waals surface area contributed by atoms with Gasteiger partial charge in [0.25, 0.3) is 0 Å². The number of hydrogen-bond acceptors (Lipinski definition) is 8. The van der Waals surface area contributed by atoms with Crippen LogP contribution in [0, 0.1) is 6.92 Å². The molecule has 1 unspecified atom stereocenters. The van der Waals surface area contributed by atoms with E-state index in [1.165, 1.54) is 13.1 Å². The molecule has 1 aliphatic rings.